The Morgan fingerprint density at radius 3 is 2.71 bits per heavy atom. The van der Waals surface area contributed by atoms with E-state index in [1.807, 2.05) is 6.92 Å². The summed E-state index contributed by atoms with van der Waals surface area (Å²) in [6.07, 6.45) is 1.69. The smallest absolute Gasteiger partial charge is 0.0615 e. The van der Waals surface area contributed by atoms with Gasteiger partial charge in [-0.15, -0.1) is 0 Å². The maximum Gasteiger partial charge on any atom is 0.0615 e. The summed E-state index contributed by atoms with van der Waals surface area (Å²) >= 11 is 5.59. The number of allylic oxidation sites excluding steroid dienone is 1. The van der Waals surface area contributed by atoms with Gasteiger partial charge >= 0.3 is 0 Å². The molecule has 1 aliphatic heterocycles. The molecule has 1 heterocycles. The lowest BCUT2D eigenvalue weighted by Crippen LogP contribution is -1.74. The number of nitrogens with zero attached hydrogens (tertiary/aromatic N) is 1. The van der Waals surface area contributed by atoms with E-state index < -0.39 is 0 Å². The van der Waals surface area contributed by atoms with Gasteiger partial charge < -0.3 is 0 Å². The first kappa shape index (κ1) is 4.85. The Morgan fingerprint density at radius 2 is 2.57 bits per heavy atom. The molecular formula is C5H6ClN. The van der Waals surface area contributed by atoms with Crippen LogP contribution >= 0.6 is 11.6 Å². The van der Waals surface area contributed by atoms with Crippen LogP contribution in [0.4, 0.5) is 0 Å². The fraction of sp³-hybridized carbons (Fsp3) is 0.400. The van der Waals surface area contributed by atoms with Gasteiger partial charge in [-0.1, -0.05) is 11.6 Å². The summed E-state index contributed by atoms with van der Waals surface area (Å²) in [7, 11) is 0. The second kappa shape index (κ2) is 1.66. The largest absolute Gasteiger partial charge is 0.287 e. The molecule has 1 aliphatic rings. The SMILES string of the molecule is CC1=C(Cl)C=NC1. The maximum atomic E-state index is 5.59. The van der Waals surface area contributed by atoms with Gasteiger partial charge in [-0.3, -0.25) is 4.99 Å². The summed E-state index contributed by atoms with van der Waals surface area (Å²) < 4.78 is 0. The second-order valence-electron chi connectivity index (χ2n) is 1.60. The van der Waals surface area contributed by atoms with E-state index in [2.05, 4.69) is 4.99 Å². The van der Waals surface area contributed by atoms with Crippen LogP contribution in [-0.4, -0.2) is 12.8 Å². The molecule has 0 unspecified atom stereocenters. The highest BCUT2D eigenvalue weighted by Crippen LogP contribution is 2.11. The Morgan fingerprint density at radius 1 is 1.86 bits per heavy atom. The Labute approximate surface area is 47.7 Å². The molecule has 0 saturated carbocycles. The van der Waals surface area contributed by atoms with E-state index in [0.717, 1.165) is 11.6 Å². The van der Waals surface area contributed by atoms with Crippen LogP contribution in [0.5, 0.6) is 0 Å². The van der Waals surface area contributed by atoms with Crippen molar-refractivity contribution in [3.63, 3.8) is 0 Å². The van der Waals surface area contributed by atoms with Gasteiger partial charge in [0.2, 0.25) is 0 Å². The van der Waals surface area contributed by atoms with Gasteiger partial charge in [0.25, 0.3) is 0 Å². The van der Waals surface area contributed by atoms with Crippen molar-refractivity contribution in [1.29, 1.82) is 0 Å². The summed E-state index contributed by atoms with van der Waals surface area (Å²) in [6, 6.07) is 0. The summed E-state index contributed by atoms with van der Waals surface area (Å²) in [6.45, 7) is 2.77. The first-order valence-electron chi connectivity index (χ1n) is 2.16. The predicted molar refractivity (Wildman–Crippen MR) is 31.9 cm³/mol. The molecule has 7 heavy (non-hydrogen) atoms. The van der Waals surface area contributed by atoms with Crippen LogP contribution in [0.2, 0.25) is 0 Å². The average molecular weight is 116 g/mol. The van der Waals surface area contributed by atoms with E-state index in [1.54, 1.807) is 6.21 Å². The van der Waals surface area contributed by atoms with Gasteiger partial charge in [0.1, 0.15) is 0 Å². The van der Waals surface area contributed by atoms with Gasteiger partial charge in [-0.2, -0.15) is 0 Å². The first-order valence-corrected chi connectivity index (χ1v) is 2.53. The van der Waals surface area contributed by atoms with E-state index in [-0.39, 0.29) is 0 Å². The molecule has 0 aromatic heterocycles. The second-order valence-corrected chi connectivity index (χ2v) is 2.01. The zero-order chi connectivity index (χ0) is 5.28. The minimum Gasteiger partial charge on any atom is -0.287 e. The number of hydrogen-bond acceptors (Lipinski definition) is 1. The van der Waals surface area contributed by atoms with Gasteiger partial charge in [-0.25, -0.2) is 0 Å². The molecule has 0 aromatic carbocycles. The molecule has 0 aliphatic carbocycles. The monoisotopic (exact) mass is 115 g/mol. The summed E-state index contributed by atoms with van der Waals surface area (Å²) in [4.78, 5) is 3.91. The molecule has 0 amide bonds. The minimum atomic E-state index is 0.791. The van der Waals surface area contributed by atoms with Crippen molar-refractivity contribution in [3.8, 4) is 0 Å². The Bertz CT molecular complexity index is 135. The van der Waals surface area contributed by atoms with Gasteiger partial charge in [0, 0.05) is 6.21 Å². The lowest BCUT2D eigenvalue weighted by molar-refractivity contribution is 1.18. The van der Waals surface area contributed by atoms with Crippen LogP contribution in [-0.2, 0) is 0 Å². The third kappa shape index (κ3) is 0.829. The van der Waals surface area contributed by atoms with Crippen LogP contribution in [0, 0.1) is 0 Å². The van der Waals surface area contributed by atoms with Crippen LogP contribution < -0.4 is 0 Å². The zero-order valence-electron chi connectivity index (χ0n) is 4.11. The molecule has 0 N–H and O–H groups in total. The highest BCUT2D eigenvalue weighted by atomic mass is 35.5. The molecule has 0 aromatic rings. The Balaban J connectivity index is 2.79. The summed E-state index contributed by atoms with van der Waals surface area (Å²) in [5.74, 6) is 0. The number of rotatable bonds is 0. The van der Waals surface area contributed by atoms with E-state index >= 15 is 0 Å². The van der Waals surface area contributed by atoms with Crippen molar-refractivity contribution >= 4 is 17.8 Å². The Kier molecular flexibility index (Phi) is 1.15. The molecule has 0 spiro atoms. The van der Waals surface area contributed by atoms with Gasteiger partial charge in [-0.05, 0) is 12.5 Å². The predicted octanol–water partition coefficient (Wildman–Crippen LogP) is 1.58. The molecule has 2 heteroatoms. The molecule has 0 fully saturated rings. The third-order valence-corrected chi connectivity index (χ3v) is 1.36. The van der Waals surface area contributed by atoms with Crippen molar-refractivity contribution in [1.82, 2.24) is 0 Å². The van der Waals surface area contributed by atoms with E-state index in [4.69, 9.17) is 11.6 Å². The first-order chi connectivity index (χ1) is 3.30. The number of aliphatic imine (C=N–C) groups is 1. The summed E-state index contributed by atoms with van der Waals surface area (Å²) in [5.41, 5.74) is 1.17. The van der Waals surface area contributed by atoms with Crippen LogP contribution in [0.15, 0.2) is 15.6 Å². The molecule has 0 saturated heterocycles. The molecule has 1 nitrogen and oxygen atoms in total. The van der Waals surface area contributed by atoms with Crippen molar-refractivity contribution in [3.05, 3.63) is 10.6 Å². The Hall–Kier alpha value is -0.300. The van der Waals surface area contributed by atoms with Gasteiger partial charge in [0.15, 0.2) is 0 Å². The topological polar surface area (TPSA) is 12.4 Å². The van der Waals surface area contributed by atoms with Gasteiger partial charge in [0.05, 0.1) is 11.6 Å². The highest BCUT2D eigenvalue weighted by molar-refractivity contribution is 6.40. The third-order valence-electron chi connectivity index (χ3n) is 0.941. The van der Waals surface area contributed by atoms with Crippen LogP contribution in [0.1, 0.15) is 6.92 Å². The van der Waals surface area contributed by atoms with Crippen molar-refractivity contribution in [2.24, 2.45) is 4.99 Å². The van der Waals surface area contributed by atoms with Crippen LogP contribution in [0.25, 0.3) is 0 Å². The molecule has 38 valence electrons. The molecule has 0 atom stereocenters. The highest BCUT2D eigenvalue weighted by Gasteiger charge is 1.99. The lowest BCUT2D eigenvalue weighted by atomic mass is 10.3. The standard InChI is InChI=1S/C5H6ClN/c1-4-2-7-3-5(4)6/h3H,2H2,1H3. The van der Waals surface area contributed by atoms with Crippen LogP contribution in [0.3, 0.4) is 0 Å². The maximum absolute atomic E-state index is 5.59. The number of hydrogen-bond donors (Lipinski definition) is 0. The lowest BCUT2D eigenvalue weighted by Gasteiger charge is -1.83. The van der Waals surface area contributed by atoms with E-state index in [1.165, 1.54) is 5.57 Å². The number of halogens is 1. The minimum absolute atomic E-state index is 0.791. The molecule has 0 radical (unpaired) electrons. The molecular weight excluding hydrogens is 110 g/mol. The van der Waals surface area contributed by atoms with E-state index in [9.17, 15) is 0 Å². The van der Waals surface area contributed by atoms with E-state index in [0.29, 0.717) is 0 Å². The molecule has 0 bridgehead atoms. The normalized spacial score (nSPS) is 19.1. The quantitative estimate of drug-likeness (QED) is 0.455. The van der Waals surface area contributed by atoms with Crippen molar-refractivity contribution in [2.45, 2.75) is 6.92 Å². The van der Waals surface area contributed by atoms with Crippen molar-refractivity contribution in [2.75, 3.05) is 6.54 Å². The fourth-order valence-corrected chi connectivity index (χ4v) is 0.577. The fourth-order valence-electron chi connectivity index (χ4n) is 0.448. The summed E-state index contributed by atoms with van der Waals surface area (Å²) in [5, 5.41) is 0.806. The molecule has 1 rings (SSSR count). The zero-order valence-corrected chi connectivity index (χ0v) is 4.87. The van der Waals surface area contributed by atoms with Crippen molar-refractivity contribution < 1.29 is 0 Å². The average Bonchev–Trinajstić information content (AvgIpc) is 1.91.